The van der Waals surface area contributed by atoms with Gasteiger partial charge in [-0.1, -0.05) is 55.5 Å². The molecule has 0 aliphatic carbocycles. The van der Waals surface area contributed by atoms with Crippen LogP contribution in [0.2, 0.25) is 0 Å². The molecular weight excluding hydrogens is 384 g/mol. The molecule has 1 saturated heterocycles. The van der Waals surface area contributed by atoms with Crippen LogP contribution in [0.3, 0.4) is 0 Å². The predicted octanol–water partition coefficient (Wildman–Crippen LogP) is 4.13. The molecule has 1 aliphatic heterocycles. The molecule has 0 radical (unpaired) electrons. The number of methoxy groups -OCH3 is 1. The highest BCUT2D eigenvalue weighted by atomic mass is 16.7. The van der Waals surface area contributed by atoms with Crippen LogP contribution < -0.4 is 0 Å². The molecule has 6 heteroatoms. The molecular formula is C24H28O6. The summed E-state index contributed by atoms with van der Waals surface area (Å²) < 4.78 is 22.2. The SMILES string of the molecule is CO[C@@H]1O[C@H]([C@H](C)CCC(=O)OCc2ccccc2)C[C@H]1OC(=O)c1ccccc1. The summed E-state index contributed by atoms with van der Waals surface area (Å²) in [5.74, 6) is -0.546. The second kappa shape index (κ2) is 10.9. The van der Waals surface area contributed by atoms with E-state index in [0.717, 1.165) is 5.56 Å². The molecule has 0 spiro atoms. The molecule has 0 saturated carbocycles. The van der Waals surface area contributed by atoms with Gasteiger partial charge in [0.1, 0.15) is 6.61 Å². The van der Waals surface area contributed by atoms with Gasteiger partial charge >= 0.3 is 11.9 Å². The Morgan fingerprint density at radius 1 is 1.07 bits per heavy atom. The first-order valence-electron chi connectivity index (χ1n) is 10.2. The maximum absolute atomic E-state index is 12.3. The zero-order chi connectivity index (χ0) is 21.3. The molecule has 1 heterocycles. The number of hydrogen-bond donors (Lipinski definition) is 0. The summed E-state index contributed by atoms with van der Waals surface area (Å²) in [4.78, 5) is 24.4. The Morgan fingerprint density at radius 2 is 1.73 bits per heavy atom. The second-order valence-electron chi connectivity index (χ2n) is 7.49. The van der Waals surface area contributed by atoms with Crippen molar-refractivity contribution in [1.82, 2.24) is 0 Å². The topological polar surface area (TPSA) is 71.1 Å². The van der Waals surface area contributed by atoms with E-state index in [4.69, 9.17) is 18.9 Å². The molecule has 3 rings (SSSR count). The van der Waals surface area contributed by atoms with Crippen LogP contribution in [0.4, 0.5) is 0 Å². The summed E-state index contributed by atoms with van der Waals surface area (Å²) in [5.41, 5.74) is 1.45. The summed E-state index contributed by atoms with van der Waals surface area (Å²) in [6.07, 6.45) is 0.187. The Bertz CT molecular complexity index is 807. The fraction of sp³-hybridized carbons (Fsp3) is 0.417. The third kappa shape index (κ3) is 6.15. The normalized spacial score (nSPS) is 21.7. The first-order chi connectivity index (χ1) is 14.6. The van der Waals surface area contributed by atoms with Crippen LogP contribution in [0.5, 0.6) is 0 Å². The van der Waals surface area contributed by atoms with Gasteiger partial charge in [0.15, 0.2) is 12.4 Å². The highest BCUT2D eigenvalue weighted by Gasteiger charge is 2.40. The molecule has 0 unspecified atom stereocenters. The van der Waals surface area contributed by atoms with Crippen molar-refractivity contribution in [3.05, 3.63) is 71.8 Å². The molecule has 1 fully saturated rings. The van der Waals surface area contributed by atoms with Gasteiger partial charge in [-0.2, -0.15) is 0 Å². The van der Waals surface area contributed by atoms with E-state index in [2.05, 4.69) is 0 Å². The minimum absolute atomic E-state index is 0.0901. The summed E-state index contributed by atoms with van der Waals surface area (Å²) in [5, 5.41) is 0. The summed E-state index contributed by atoms with van der Waals surface area (Å²) in [7, 11) is 1.53. The zero-order valence-electron chi connectivity index (χ0n) is 17.4. The molecule has 2 aromatic carbocycles. The lowest BCUT2D eigenvalue weighted by molar-refractivity contribution is -0.157. The van der Waals surface area contributed by atoms with Crippen molar-refractivity contribution in [2.45, 2.75) is 51.3 Å². The van der Waals surface area contributed by atoms with Gasteiger partial charge < -0.3 is 18.9 Å². The maximum atomic E-state index is 12.3. The molecule has 0 amide bonds. The Hall–Kier alpha value is -2.70. The van der Waals surface area contributed by atoms with Crippen LogP contribution in [-0.4, -0.2) is 37.5 Å². The minimum atomic E-state index is -0.616. The molecule has 0 bridgehead atoms. The van der Waals surface area contributed by atoms with E-state index in [-0.39, 0.29) is 24.6 Å². The molecule has 1 aliphatic rings. The van der Waals surface area contributed by atoms with Crippen LogP contribution in [0, 0.1) is 5.92 Å². The lowest BCUT2D eigenvalue weighted by Crippen LogP contribution is -2.28. The Labute approximate surface area is 177 Å². The van der Waals surface area contributed by atoms with Crippen molar-refractivity contribution in [2.24, 2.45) is 5.92 Å². The quantitative estimate of drug-likeness (QED) is 0.577. The van der Waals surface area contributed by atoms with Gasteiger partial charge in [-0.05, 0) is 30.0 Å². The van der Waals surface area contributed by atoms with E-state index < -0.39 is 18.4 Å². The van der Waals surface area contributed by atoms with Crippen molar-refractivity contribution < 1.29 is 28.5 Å². The third-order valence-electron chi connectivity index (χ3n) is 5.26. The summed E-state index contributed by atoms with van der Waals surface area (Å²) in [6.45, 7) is 2.29. The van der Waals surface area contributed by atoms with Crippen molar-refractivity contribution in [3.63, 3.8) is 0 Å². The number of carbonyl (C=O) groups is 2. The van der Waals surface area contributed by atoms with E-state index >= 15 is 0 Å². The van der Waals surface area contributed by atoms with E-state index in [9.17, 15) is 9.59 Å². The van der Waals surface area contributed by atoms with E-state index in [1.54, 1.807) is 24.3 Å². The van der Waals surface area contributed by atoms with Gasteiger partial charge in [0.25, 0.3) is 0 Å². The molecule has 6 nitrogen and oxygen atoms in total. The number of carbonyl (C=O) groups excluding carboxylic acids is 2. The highest BCUT2D eigenvalue weighted by molar-refractivity contribution is 5.89. The summed E-state index contributed by atoms with van der Waals surface area (Å²) >= 11 is 0. The van der Waals surface area contributed by atoms with Crippen molar-refractivity contribution in [3.8, 4) is 0 Å². The minimum Gasteiger partial charge on any atom is -0.461 e. The van der Waals surface area contributed by atoms with E-state index in [0.29, 0.717) is 24.8 Å². The Balaban J connectivity index is 1.45. The molecule has 160 valence electrons. The monoisotopic (exact) mass is 412 g/mol. The van der Waals surface area contributed by atoms with Gasteiger partial charge in [0.05, 0.1) is 11.7 Å². The molecule has 2 aromatic rings. The lowest BCUT2D eigenvalue weighted by Gasteiger charge is -2.19. The lowest BCUT2D eigenvalue weighted by atomic mass is 9.96. The van der Waals surface area contributed by atoms with E-state index in [1.807, 2.05) is 43.3 Å². The van der Waals surface area contributed by atoms with Crippen molar-refractivity contribution in [1.29, 1.82) is 0 Å². The van der Waals surface area contributed by atoms with Crippen LogP contribution in [0.25, 0.3) is 0 Å². The number of rotatable bonds is 9. The maximum Gasteiger partial charge on any atom is 0.338 e. The van der Waals surface area contributed by atoms with Gasteiger partial charge in [0.2, 0.25) is 0 Å². The standard InChI is InChI=1S/C24H28O6/c1-17(13-14-22(25)28-16-18-9-5-3-6-10-18)20-15-21(24(27-2)30-20)29-23(26)19-11-7-4-8-12-19/h3-12,17,20-21,24H,13-16H2,1-2H3/t17-,20+,21-,24-/m1/s1. The average molecular weight is 412 g/mol. The molecule has 4 atom stereocenters. The van der Waals surface area contributed by atoms with Gasteiger partial charge in [-0.15, -0.1) is 0 Å². The van der Waals surface area contributed by atoms with Crippen molar-refractivity contribution >= 4 is 11.9 Å². The second-order valence-corrected chi connectivity index (χ2v) is 7.49. The fourth-order valence-electron chi connectivity index (χ4n) is 3.45. The number of benzene rings is 2. The first kappa shape index (κ1) is 22.0. The van der Waals surface area contributed by atoms with Gasteiger partial charge in [0, 0.05) is 20.0 Å². The number of esters is 2. The van der Waals surface area contributed by atoms with Crippen molar-refractivity contribution in [2.75, 3.05) is 7.11 Å². The molecule has 30 heavy (non-hydrogen) atoms. The number of hydrogen-bond acceptors (Lipinski definition) is 6. The van der Waals surface area contributed by atoms with Crippen LogP contribution in [0.15, 0.2) is 60.7 Å². The average Bonchev–Trinajstić information content (AvgIpc) is 3.20. The highest BCUT2D eigenvalue weighted by Crippen LogP contribution is 2.31. The summed E-state index contributed by atoms with van der Waals surface area (Å²) in [6, 6.07) is 18.4. The van der Waals surface area contributed by atoms with Gasteiger partial charge in [-0.25, -0.2) is 4.79 Å². The van der Waals surface area contributed by atoms with Crippen LogP contribution in [-0.2, 0) is 30.3 Å². The molecule has 0 N–H and O–H groups in total. The third-order valence-corrected chi connectivity index (χ3v) is 5.26. The predicted molar refractivity (Wildman–Crippen MR) is 111 cm³/mol. The molecule has 0 aromatic heterocycles. The Morgan fingerprint density at radius 3 is 2.40 bits per heavy atom. The fourth-order valence-corrected chi connectivity index (χ4v) is 3.45. The Kier molecular flexibility index (Phi) is 7.99. The smallest absolute Gasteiger partial charge is 0.338 e. The van der Waals surface area contributed by atoms with Crippen LogP contribution in [0.1, 0.15) is 42.1 Å². The largest absolute Gasteiger partial charge is 0.461 e. The van der Waals surface area contributed by atoms with Gasteiger partial charge in [-0.3, -0.25) is 4.79 Å². The zero-order valence-corrected chi connectivity index (χ0v) is 17.4. The first-order valence-corrected chi connectivity index (χ1v) is 10.2. The van der Waals surface area contributed by atoms with E-state index in [1.165, 1.54) is 7.11 Å². The van der Waals surface area contributed by atoms with Crippen LogP contribution >= 0.6 is 0 Å². The number of ether oxygens (including phenoxy) is 4.